The quantitative estimate of drug-likeness (QED) is 0.488. The van der Waals surface area contributed by atoms with Gasteiger partial charge in [-0.05, 0) is 25.1 Å². The van der Waals surface area contributed by atoms with Gasteiger partial charge in [0.1, 0.15) is 0 Å². The summed E-state index contributed by atoms with van der Waals surface area (Å²) in [6, 6.07) is 13.8. The highest BCUT2D eigenvalue weighted by molar-refractivity contribution is 6.50. The van der Waals surface area contributed by atoms with Crippen molar-refractivity contribution in [2.45, 2.75) is 6.92 Å². The Kier molecular flexibility index (Phi) is 2.94. The summed E-state index contributed by atoms with van der Waals surface area (Å²) < 4.78 is 0. The highest BCUT2D eigenvalue weighted by Gasteiger charge is 2.34. The minimum Gasteiger partial charge on any atom is -0.361 e. The number of imide groups is 1. The second-order valence-corrected chi connectivity index (χ2v) is 6.53. The molecule has 26 heavy (non-hydrogen) atoms. The van der Waals surface area contributed by atoms with E-state index >= 15 is 0 Å². The van der Waals surface area contributed by atoms with Gasteiger partial charge in [-0.1, -0.05) is 29.8 Å². The Labute approximate surface area is 148 Å². The van der Waals surface area contributed by atoms with Crippen molar-refractivity contribution in [2.24, 2.45) is 0 Å². The molecule has 5 heteroatoms. The van der Waals surface area contributed by atoms with E-state index < -0.39 is 0 Å². The molecule has 0 unspecified atom stereocenters. The first kappa shape index (κ1) is 14.7. The number of carbonyl (C=O) groups excluding carboxylic acids is 2. The zero-order chi connectivity index (χ0) is 17.8. The summed E-state index contributed by atoms with van der Waals surface area (Å²) in [5.74, 6) is -0.727. The van der Waals surface area contributed by atoms with Gasteiger partial charge < -0.3 is 9.97 Å². The number of para-hydroxylation sites is 1. The Balaban J connectivity index is 1.85. The molecule has 0 fully saturated rings. The third-order valence-electron chi connectivity index (χ3n) is 4.90. The van der Waals surface area contributed by atoms with Gasteiger partial charge in [-0.3, -0.25) is 14.9 Å². The molecule has 3 N–H and O–H groups in total. The van der Waals surface area contributed by atoms with E-state index in [0.717, 1.165) is 38.5 Å². The lowest BCUT2D eigenvalue weighted by Crippen LogP contribution is -2.22. The van der Waals surface area contributed by atoms with Gasteiger partial charge in [-0.2, -0.15) is 0 Å². The van der Waals surface area contributed by atoms with Gasteiger partial charge in [0.15, 0.2) is 0 Å². The summed E-state index contributed by atoms with van der Waals surface area (Å²) in [5, 5.41) is 4.31. The van der Waals surface area contributed by atoms with Crippen LogP contribution in [0.15, 0.2) is 54.9 Å². The minimum absolute atomic E-state index is 0.363. The highest BCUT2D eigenvalue weighted by atomic mass is 16.2. The molecule has 4 aromatic rings. The maximum atomic E-state index is 12.6. The molecule has 5 rings (SSSR count). The molecule has 2 amide bonds. The molecular formula is C21H15N3O2. The first-order chi connectivity index (χ1) is 12.6. The van der Waals surface area contributed by atoms with Gasteiger partial charge in [-0.15, -0.1) is 0 Å². The fourth-order valence-corrected chi connectivity index (χ4v) is 3.69. The normalized spacial score (nSPS) is 14.7. The number of hydrogen-bond donors (Lipinski definition) is 3. The van der Waals surface area contributed by atoms with Gasteiger partial charge >= 0.3 is 0 Å². The van der Waals surface area contributed by atoms with Crippen LogP contribution in [0.25, 0.3) is 33.0 Å². The van der Waals surface area contributed by atoms with E-state index in [0.29, 0.717) is 11.1 Å². The number of benzene rings is 2. The van der Waals surface area contributed by atoms with Crippen LogP contribution in [0, 0.1) is 6.92 Å². The van der Waals surface area contributed by atoms with Crippen molar-refractivity contribution in [1.82, 2.24) is 15.3 Å². The summed E-state index contributed by atoms with van der Waals surface area (Å²) in [6.45, 7) is 2.01. The van der Waals surface area contributed by atoms with E-state index in [4.69, 9.17) is 0 Å². The number of carbonyl (C=O) groups is 2. The predicted octanol–water partition coefficient (Wildman–Crippen LogP) is 3.52. The van der Waals surface area contributed by atoms with Crippen LogP contribution >= 0.6 is 0 Å². The molecule has 1 aliphatic heterocycles. The maximum Gasteiger partial charge on any atom is 0.259 e. The lowest BCUT2D eigenvalue weighted by Gasteiger charge is -2.03. The van der Waals surface area contributed by atoms with Gasteiger partial charge in [0.2, 0.25) is 0 Å². The molecule has 0 spiro atoms. The average Bonchev–Trinajstić information content (AvgIpc) is 3.29. The first-order valence-electron chi connectivity index (χ1n) is 8.38. The third kappa shape index (κ3) is 1.97. The molecule has 3 heterocycles. The summed E-state index contributed by atoms with van der Waals surface area (Å²) in [5.41, 5.74) is 5.26. The third-order valence-corrected chi connectivity index (χ3v) is 4.90. The summed E-state index contributed by atoms with van der Waals surface area (Å²) in [4.78, 5) is 31.6. The molecular weight excluding hydrogens is 326 g/mol. The molecule has 1 aliphatic rings. The van der Waals surface area contributed by atoms with Crippen LogP contribution in [0.5, 0.6) is 0 Å². The van der Waals surface area contributed by atoms with Crippen LogP contribution in [0.2, 0.25) is 0 Å². The zero-order valence-corrected chi connectivity index (χ0v) is 14.0. The van der Waals surface area contributed by atoms with Crippen molar-refractivity contribution in [2.75, 3.05) is 0 Å². The predicted molar refractivity (Wildman–Crippen MR) is 101 cm³/mol. The molecule has 2 aromatic heterocycles. The number of hydrogen-bond acceptors (Lipinski definition) is 2. The second-order valence-electron chi connectivity index (χ2n) is 6.53. The Hall–Kier alpha value is -3.60. The number of H-pyrrole nitrogens is 2. The van der Waals surface area contributed by atoms with Crippen molar-refractivity contribution in [3.63, 3.8) is 0 Å². The number of aromatic nitrogens is 2. The van der Waals surface area contributed by atoms with E-state index in [1.165, 1.54) is 0 Å². The van der Waals surface area contributed by atoms with Gasteiger partial charge in [-0.25, -0.2) is 0 Å². The molecule has 5 nitrogen and oxygen atoms in total. The van der Waals surface area contributed by atoms with Crippen LogP contribution in [0.1, 0.15) is 16.7 Å². The number of fused-ring (bicyclic) bond motifs is 2. The molecule has 0 atom stereocenters. The van der Waals surface area contributed by atoms with Crippen LogP contribution in [-0.4, -0.2) is 21.8 Å². The highest BCUT2D eigenvalue weighted by Crippen LogP contribution is 2.37. The molecule has 126 valence electrons. The fraction of sp³-hybridized carbons (Fsp3) is 0.0476. The van der Waals surface area contributed by atoms with Gasteiger partial charge in [0.25, 0.3) is 11.8 Å². The van der Waals surface area contributed by atoms with E-state index in [2.05, 4.69) is 15.3 Å². The van der Waals surface area contributed by atoms with Crippen molar-refractivity contribution in [3.05, 3.63) is 71.5 Å². The van der Waals surface area contributed by atoms with Gasteiger partial charge in [0.05, 0.1) is 11.1 Å². The first-order valence-corrected chi connectivity index (χ1v) is 8.38. The van der Waals surface area contributed by atoms with Gasteiger partial charge in [0, 0.05) is 45.3 Å². The molecule has 0 saturated carbocycles. The van der Waals surface area contributed by atoms with Crippen LogP contribution < -0.4 is 5.32 Å². The monoisotopic (exact) mass is 341 g/mol. The lowest BCUT2D eigenvalue weighted by atomic mass is 9.95. The van der Waals surface area contributed by atoms with Crippen molar-refractivity contribution >= 4 is 44.8 Å². The average molecular weight is 341 g/mol. The summed E-state index contributed by atoms with van der Waals surface area (Å²) in [7, 11) is 0. The fourth-order valence-electron chi connectivity index (χ4n) is 3.69. The summed E-state index contributed by atoms with van der Waals surface area (Å²) >= 11 is 0. The second kappa shape index (κ2) is 5.20. The molecule has 0 radical (unpaired) electrons. The van der Waals surface area contributed by atoms with E-state index in [-0.39, 0.29) is 11.8 Å². The van der Waals surface area contributed by atoms with Crippen LogP contribution in [-0.2, 0) is 9.59 Å². The number of aryl methyl sites for hydroxylation is 1. The molecule has 2 aromatic carbocycles. The maximum absolute atomic E-state index is 12.6. The Morgan fingerprint density at radius 2 is 1.35 bits per heavy atom. The largest absolute Gasteiger partial charge is 0.361 e. The van der Waals surface area contributed by atoms with E-state index in [1.807, 2.05) is 49.4 Å². The minimum atomic E-state index is -0.364. The topological polar surface area (TPSA) is 77.8 Å². The Morgan fingerprint density at radius 3 is 2.08 bits per heavy atom. The van der Waals surface area contributed by atoms with Crippen molar-refractivity contribution < 1.29 is 9.59 Å². The smallest absolute Gasteiger partial charge is 0.259 e. The summed E-state index contributed by atoms with van der Waals surface area (Å²) in [6.07, 6.45) is 3.59. The van der Waals surface area contributed by atoms with Crippen molar-refractivity contribution in [1.29, 1.82) is 0 Å². The Bertz CT molecular complexity index is 1260. The molecule has 0 aliphatic carbocycles. The number of amides is 2. The van der Waals surface area contributed by atoms with Crippen LogP contribution in [0.4, 0.5) is 0 Å². The standard InChI is InChI=1S/C21H15N3O2/c1-11-6-7-17-13(8-11)15(10-23-17)19-18(20(25)24-21(19)26)14-9-22-16-5-3-2-4-12(14)16/h2-10,22-23H,1H3,(H,24,25,26). The SMILES string of the molecule is Cc1ccc2[nH]cc(C3=C(c4c[nH]c5ccccc45)C(=O)NC3=O)c2c1. The molecule has 0 bridgehead atoms. The van der Waals surface area contributed by atoms with Crippen molar-refractivity contribution in [3.8, 4) is 0 Å². The zero-order valence-electron chi connectivity index (χ0n) is 14.0. The Morgan fingerprint density at radius 1 is 0.731 bits per heavy atom. The van der Waals surface area contributed by atoms with E-state index in [1.54, 1.807) is 12.4 Å². The van der Waals surface area contributed by atoms with Crippen LogP contribution in [0.3, 0.4) is 0 Å². The van der Waals surface area contributed by atoms with E-state index in [9.17, 15) is 9.59 Å². The number of aromatic amines is 2. The number of nitrogens with one attached hydrogen (secondary N) is 3. The number of rotatable bonds is 2. The molecule has 0 saturated heterocycles. The lowest BCUT2D eigenvalue weighted by molar-refractivity contribution is -0.122.